The Kier molecular flexibility index (Phi) is 2.92. The van der Waals surface area contributed by atoms with E-state index in [0.717, 1.165) is 10.7 Å². The maximum absolute atomic E-state index is 5.87. The number of nitrogen functional groups attached to an aromatic ring is 1. The molecule has 0 bridgehead atoms. The Morgan fingerprint density at radius 3 is 2.62 bits per heavy atom. The third kappa shape index (κ3) is 2.22. The summed E-state index contributed by atoms with van der Waals surface area (Å²) in [5.41, 5.74) is 9.13. The summed E-state index contributed by atoms with van der Waals surface area (Å²) in [5.74, 6) is 0. The number of benzene rings is 1. The van der Waals surface area contributed by atoms with Crippen LogP contribution < -0.4 is 5.73 Å². The lowest BCUT2D eigenvalue weighted by Gasteiger charge is -2.04. The van der Waals surface area contributed by atoms with Gasteiger partial charge < -0.3 is 5.73 Å². The van der Waals surface area contributed by atoms with Crippen LogP contribution in [-0.2, 0) is 7.05 Å². The molecule has 0 fully saturated rings. The highest BCUT2D eigenvalue weighted by molar-refractivity contribution is 7.99. The molecule has 0 atom stereocenters. The second-order valence-electron chi connectivity index (χ2n) is 3.93. The summed E-state index contributed by atoms with van der Waals surface area (Å²) in [5, 5.41) is 5.19. The Bertz CT molecular complexity index is 517. The molecule has 1 aromatic carbocycles. The van der Waals surface area contributed by atoms with Crippen molar-refractivity contribution >= 4 is 17.4 Å². The van der Waals surface area contributed by atoms with Crippen LogP contribution in [0.4, 0.5) is 5.69 Å². The molecule has 2 rings (SSSR count). The van der Waals surface area contributed by atoms with Crippen LogP contribution in [0.1, 0.15) is 11.1 Å². The van der Waals surface area contributed by atoms with Crippen molar-refractivity contribution in [3.63, 3.8) is 0 Å². The summed E-state index contributed by atoms with van der Waals surface area (Å²) in [6, 6.07) is 6.39. The summed E-state index contributed by atoms with van der Waals surface area (Å²) in [6.07, 6.45) is 1.83. The van der Waals surface area contributed by atoms with Crippen LogP contribution in [0.5, 0.6) is 0 Å². The summed E-state index contributed by atoms with van der Waals surface area (Å²) in [7, 11) is 1.88. The number of nitrogens with two attached hydrogens (primary N) is 1. The Balaban J connectivity index is 2.30. The quantitative estimate of drug-likeness (QED) is 0.867. The van der Waals surface area contributed by atoms with Crippen LogP contribution in [0.15, 0.2) is 34.3 Å². The highest BCUT2D eigenvalue weighted by atomic mass is 32.2. The highest BCUT2D eigenvalue weighted by Gasteiger charge is 2.08. The number of aromatic nitrogens is 2. The zero-order valence-electron chi connectivity index (χ0n) is 9.69. The van der Waals surface area contributed by atoms with Gasteiger partial charge in [-0.15, -0.1) is 0 Å². The van der Waals surface area contributed by atoms with Crippen LogP contribution >= 0.6 is 11.8 Å². The van der Waals surface area contributed by atoms with Crippen LogP contribution in [0, 0.1) is 13.8 Å². The third-order valence-electron chi connectivity index (χ3n) is 2.36. The molecule has 84 valence electrons. The van der Waals surface area contributed by atoms with E-state index in [9.17, 15) is 0 Å². The molecule has 1 aromatic heterocycles. The van der Waals surface area contributed by atoms with Crippen molar-refractivity contribution in [3.05, 3.63) is 35.5 Å². The van der Waals surface area contributed by atoms with Gasteiger partial charge in [-0.1, -0.05) is 29.5 Å². The maximum Gasteiger partial charge on any atom is 0.146 e. The number of hydrogen-bond acceptors (Lipinski definition) is 3. The number of nitrogens with zero attached hydrogens (tertiary/aromatic N) is 2. The molecule has 0 unspecified atom stereocenters. The van der Waals surface area contributed by atoms with Gasteiger partial charge in [0.2, 0.25) is 0 Å². The van der Waals surface area contributed by atoms with Crippen molar-refractivity contribution < 1.29 is 0 Å². The molecular formula is C12H15N3S. The molecule has 0 aliphatic carbocycles. The molecule has 16 heavy (non-hydrogen) atoms. The van der Waals surface area contributed by atoms with Crippen molar-refractivity contribution in [2.24, 2.45) is 7.05 Å². The Hall–Kier alpha value is -1.42. The first-order valence-corrected chi connectivity index (χ1v) is 5.92. The van der Waals surface area contributed by atoms with E-state index in [1.54, 1.807) is 16.4 Å². The van der Waals surface area contributed by atoms with Crippen LogP contribution in [0.2, 0.25) is 0 Å². The second kappa shape index (κ2) is 4.22. The van der Waals surface area contributed by atoms with Crippen LogP contribution in [0.3, 0.4) is 0 Å². The van der Waals surface area contributed by atoms with Gasteiger partial charge in [-0.3, -0.25) is 4.68 Å². The molecule has 0 radical (unpaired) electrons. The SMILES string of the molecule is Cc1ccc(Sc2nn(C)cc2N)c(C)c1. The largest absolute Gasteiger partial charge is 0.395 e. The Labute approximate surface area is 99.7 Å². The first-order chi connectivity index (χ1) is 7.56. The van der Waals surface area contributed by atoms with Gasteiger partial charge in [0.1, 0.15) is 5.03 Å². The number of hydrogen-bond donors (Lipinski definition) is 1. The van der Waals surface area contributed by atoms with Crippen LogP contribution in [-0.4, -0.2) is 9.78 Å². The molecule has 0 aliphatic rings. The zero-order chi connectivity index (χ0) is 11.7. The molecule has 4 heteroatoms. The van der Waals surface area contributed by atoms with E-state index in [0.29, 0.717) is 0 Å². The van der Waals surface area contributed by atoms with E-state index < -0.39 is 0 Å². The van der Waals surface area contributed by atoms with Gasteiger partial charge in [-0.25, -0.2) is 0 Å². The molecule has 3 nitrogen and oxygen atoms in total. The van der Waals surface area contributed by atoms with Gasteiger partial charge in [0.05, 0.1) is 5.69 Å². The lowest BCUT2D eigenvalue weighted by atomic mass is 10.2. The summed E-state index contributed by atoms with van der Waals surface area (Å²) in [6.45, 7) is 4.20. The monoisotopic (exact) mass is 233 g/mol. The fraction of sp³-hybridized carbons (Fsp3) is 0.250. The van der Waals surface area contributed by atoms with Crippen molar-refractivity contribution in [1.82, 2.24) is 9.78 Å². The Morgan fingerprint density at radius 2 is 2.06 bits per heavy atom. The molecule has 0 saturated carbocycles. The van der Waals surface area contributed by atoms with Crippen molar-refractivity contribution in [1.29, 1.82) is 0 Å². The lowest BCUT2D eigenvalue weighted by Crippen LogP contribution is -1.88. The van der Waals surface area contributed by atoms with E-state index in [1.165, 1.54) is 16.0 Å². The van der Waals surface area contributed by atoms with E-state index in [4.69, 9.17) is 5.73 Å². The number of anilines is 1. The number of aryl methyl sites for hydroxylation is 3. The van der Waals surface area contributed by atoms with Gasteiger partial charge >= 0.3 is 0 Å². The second-order valence-corrected chi connectivity index (χ2v) is 4.96. The van der Waals surface area contributed by atoms with Crippen molar-refractivity contribution in [2.45, 2.75) is 23.8 Å². The average molecular weight is 233 g/mol. The molecule has 2 N–H and O–H groups in total. The van der Waals surface area contributed by atoms with E-state index >= 15 is 0 Å². The number of rotatable bonds is 2. The summed E-state index contributed by atoms with van der Waals surface area (Å²) >= 11 is 1.61. The molecule has 0 spiro atoms. The molecular weight excluding hydrogens is 218 g/mol. The Morgan fingerprint density at radius 1 is 1.31 bits per heavy atom. The molecule has 2 aromatic rings. The van der Waals surface area contributed by atoms with E-state index in [1.807, 2.05) is 13.2 Å². The van der Waals surface area contributed by atoms with Crippen molar-refractivity contribution in [3.8, 4) is 0 Å². The van der Waals surface area contributed by atoms with Crippen molar-refractivity contribution in [2.75, 3.05) is 5.73 Å². The maximum atomic E-state index is 5.87. The predicted octanol–water partition coefficient (Wildman–Crippen LogP) is 2.77. The first kappa shape index (κ1) is 11.1. The highest BCUT2D eigenvalue weighted by Crippen LogP contribution is 2.32. The minimum absolute atomic E-state index is 0.729. The molecule has 0 saturated heterocycles. The first-order valence-electron chi connectivity index (χ1n) is 5.10. The minimum Gasteiger partial charge on any atom is -0.395 e. The predicted molar refractivity (Wildman–Crippen MR) is 67.7 cm³/mol. The average Bonchev–Trinajstić information content (AvgIpc) is 2.50. The van der Waals surface area contributed by atoms with Crippen LogP contribution in [0.25, 0.3) is 0 Å². The normalized spacial score (nSPS) is 10.7. The fourth-order valence-corrected chi connectivity index (χ4v) is 2.49. The zero-order valence-corrected chi connectivity index (χ0v) is 10.5. The lowest BCUT2D eigenvalue weighted by molar-refractivity contribution is 0.738. The summed E-state index contributed by atoms with van der Waals surface area (Å²) in [4.78, 5) is 1.20. The van der Waals surface area contributed by atoms with Gasteiger partial charge in [-0.2, -0.15) is 5.10 Å². The van der Waals surface area contributed by atoms with Gasteiger partial charge in [0.25, 0.3) is 0 Å². The standard InChI is InChI=1S/C12H15N3S/c1-8-4-5-11(9(2)6-8)16-12-10(13)7-15(3)14-12/h4-7H,13H2,1-3H3. The third-order valence-corrected chi connectivity index (χ3v) is 3.55. The summed E-state index contributed by atoms with van der Waals surface area (Å²) < 4.78 is 1.74. The van der Waals surface area contributed by atoms with Gasteiger partial charge in [-0.05, 0) is 25.5 Å². The molecule has 0 aliphatic heterocycles. The smallest absolute Gasteiger partial charge is 0.146 e. The van der Waals surface area contributed by atoms with E-state index in [2.05, 4.69) is 37.1 Å². The fourth-order valence-electron chi connectivity index (χ4n) is 1.58. The topological polar surface area (TPSA) is 43.8 Å². The minimum atomic E-state index is 0.729. The van der Waals surface area contributed by atoms with Gasteiger partial charge in [0.15, 0.2) is 0 Å². The molecule has 1 heterocycles. The van der Waals surface area contributed by atoms with Gasteiger partial charge in [0, 0.05) is 18.1 Å². The molecule has 0 amide bonds. The van der Waals surface area contributed by atoms with E-state index in [-0.39, 0.29) is 0 Å².